The number of alkyl halides is 1. The molecule has 0 unspecified atom stereocenters. The molecule has 2 radical (unpaired) electrons. The van der Waals surface area contributed by atoms with E-state index in [4.69, 9.17) is 19.4 Å². The summed E-state index contributed by atoms with van der Waals surface area (Å²) < 4.78 is 0. The normalized spacial score (nSPS) is 14.1. The maximum absolute atomic E-state index is 5.88. The summed E-state index contributed by atoms with van der Waals surface area (Å²) in [5, 5.41) is -0.297. The largest absolute Gasteiger partial charge is 0.120 e. The van der Waals surface area contributed by atoms with Crippen molar-refractivity contribution in [2.24, 2.45) is 0 Å². The van der Waals surface area contributed by atoms with E-state index in [9.17, 15) is 0 Å². The van der Waals surface area contributed by atoms with Gasteiger partial charge in [0.05, 0.1) is 7.85 Å². The van der Waals surface area contributed by atoms with Gasteiger partial charge in [-0.05, 0) is 13.8 Å². The van der Waals surface area contributed by atoms with E-state index in [2.05, 4.69) is 0 Å². The fourth-order valence-electron chi connectivity index (χ4n) is 0. The SMILES string of the molecule is [B]C(C)(C)C(C)(C)Cl. The molecule has 0 atom stereocenters. The minimum Gasteiger partial charge on any atom is -0.120 e. The van der Waals surface area contributed by atoms with Crippen molar-refractivity contribution < 1.29 is 0 Å². The summed E-state index contributed by atoms with van der Waals surface area (Å²) in [6.45, 7) is 7.66. The first kappa shape index (κ1) is 8.35. The smallest absolute Gasteiger partial charge is 0.0762 e. The van der Waals surface area contributed by atoms with Crippen molar-refractivity contribution >= 4 is 19.4 Å². The van der Waals surface area contributed by atoms with E-state index in [1.54, 1.807) is 0 Å². The lowest BCUT2D eigenvalue weighted by molar-refractivity contribution is 0.517. The molecule has 0 aromatic carbocycles. The van der Waals surface area contributed by atoms with Crippen LogP contribution in [-0.2, 0) is 0 Å². The van der Waals surface area contributed by atoms with Crippen molar-refractivity contribution in [1.82, 2.24) is 0 Å². The topological polar surface area (TPSA) is 0 Å². The zero-order valence-corrected chi connectivity index (χ0v) is 6.71. The number of halogens is 1. The highest BCUT2D eigenvalue weighted by molar-refractivity contribution is 6.30. The van der Waals surface area contributed by atoms with E-state index in [0.29, 0.717) is 0 Å². The molecule has 0 heterocycles. The lowest BCUT2D eigenvalue weighted by atomic mass is 9.64. The van der Waals surface area contributed by atoms with E-state index < -0.39 is 0 Å². The first-order valence-electron chi connectivity index (χ1n) is 2.73. The van der Waals surface area contributed by atoms with Gasteiger partial charge < -0.3 is 0 Å². The van der Waals surface area contributed by atoms with Gasteiger partial charge in [0.1, 0.15) is 0 Å². The summed E-state index contributed by atoms with van der Waals surface area (Å²) in [6, 6.07) is 0. The Morgan fingerprint density at radius 3 is 1.25 bits per heavy atom. The van der Waals surface area contributed by atoms with Crippen LogP contribution in [0.1, 0.15) is 27.7 Å². The van der Waals surface area contributed by atoms with Gasteiger partial charge in [-0.3, -0.25) is 0 Å². The zero-order valence-electron chi connectivity index (χ0n) is 5.96. The Kier molecular flexibility index (Phi) is 2.03. The van der Waals surface area contributed by atoms with Gasteiger partial charge in [-0.1, -0.05) is 19.2 Å². The van der Waals surface area contributed by atoms with Crippen LogP contribution in [0.3, 0.4) is 0 Å². The van der Waals surface area contributed by atoms with Crippen LogP contribution in [0.5, 0.6) is 0 Å². The van der Waals surface area contributed by atoms with Crippen LogP contribution in [0.4, 0.5) is 0 Å². The Balaban J connectivity index is 4.02. The molecule has 0 aliphatic rings. The highest BCUT2D eigenvalue weighted by Gasteiger charge is 2.29. The zero-order chi connectivity index (χ0) is 7.00. The molecule has 0 bridgehead atoms. The van der Waals surface area contributed by atoms with Crippen molar-refractivity contribution in [3.05, 3.63) is 0 Å². The summed E-state index contributed by atoms with van der Waals surface area (Å²) >= 11 is 5.88. The maximum atomic E-state index is 5.88. The van der Waals surface area contributed by atoms with Crippen LogP contribution in [0.2, 0.25) is 5.31 Å². The predicted molar refractivity (Wildman–Crippen MR) is 39.7 cm³/mol. The maximum Gasteiger partial charge on any atom is 0.0762 e. The average molecular weight is 130 g/mol. The lowest BCUT2D eigenvalue weighted by Crippen LogP contribution is -2.26. The van der Waals surface area contributed by atoms with Crippen LogP contribution in [-0.4, -0.2) is 12.7 Å². The molecule has 0 N–H and O–H groups in total. The van der Waals surface area contributed by atoms with Crippen LogP contribution in [0.25, 0.3) is 0 Å². The van der Waals surface area contributed by atoms with Gasteiger partial charge in [-0.25, -0.2) is 0 Å². The second-order valence-corrected chi connectivity index (χ2v) is 4.14. The van der Waals surface area contributed by atoms with E-state index in [-0.39, 0.29) is 10.2 Å². The lowest BCUT2D eigenvalue weighted by Gasteiger charge is -2.32. The fourth-order valence-corrected chi connectivity index (χ4v) is 0. The Morgan fingerprint density at radius 2 is 1.25 bits per heavy atom. The molecule has 0 spiro atoms. The number of hydrogen-bond acceptors (Lipinski definition) is 0. The van der Waals surface area contributed by atoms with Gasteiger partial charge in [-0.15, -0.1) is 11.6 Å². The fraction of sp³-hybridized carbons (Fsp3) is 1.00. The molecule has 0 aromatic rings. The number of hydrogen-bond donors (Lipinski definition) is 0. The minimum atomic E-state index is -0.312. The molecule has 0 rings (SSSR count). The Hall–Kier alpha value is 0.355. The molecular formula is C6H12BCl. The van der Waals surface area contributed by atoms with Crippen molar-refractivity contribution in [2.75, 3.05) is 0 Å². The van der Waals surface area contributed by atoms with E-state index >= 15 is 0 Å². The molecule has 0 nitrogen and oxygen atoms in total. The van der Waals surface area contributed by atoms with Crippen LogP contribution < -0.4 is 0 Å². The molecule has 0 aliphatic heterocycles. The summed E-state index contributed by atoms with van der Waals surface area (Å²) in [5.41, 5.74) is 0. The van der Waals surface area contributed by atoms with E-state index in [0.717, 1.165) is 0 Å². The molecule has 0 saturated carbocycles. The van der Waals surface area contributed by atoms with Gasteiger partial charge in [-0.2, -0.15) is 0 Å². The monoisotopic (exact) mass is 130 g/mol. The van der Waals surface area contributed by atoms with Gasteiger partial charge in [0.2, 0.25) is 0 Å². The Bertz CT molecular complexity index is 63.5. The highest BCUT2D eigenvalue weighted by atomic mass is 35.5. The minimum absolute atomic E-state index is 0.297. The van der Waals surface area contributed by atoms with Crippen molar-refractivity contribution in [2.45, 2.75) is 37.9 Å². The molecule has 8 heavy (non-hydrogen) atoms. The Morgan fingerprint density at radius 1 is 1.12 bits per heavy atom. The van der Waals surface area contributed by atoms with Crippen molar-refractivity contribution in [1.29, 1.82) is 0 Å². The third-order valence-electron chi connectivity index (χ3n) is 1.53. The molecule has 0 aromatic heterocycles. The highest BCUT2D eigenvalue weighted by Crippen LogP contribution is 2.38. The summed E-state index contributed by atoms with van der Waals surface area (Å²) in [6.07, 6.45) is 0. The summed E-state index contributed by atoms with van der Waals surface area (Å²) in [4.78, 5) is -0.312. The van der Waals surface area contributed by atoms with Crippen LogP contribution >= 0.6 is 11.6 Å². The standard InChI is InChI=1S/C6H12BCl/c1-5(2,7)6(3,4)8/h1-4H3. The predicted octanol–water partition coefficient (Wildman–Crippen LogP) is 2.37. The molecule has 46 valence electrons. The van der Waals surface area contributed by atoms with Gasteiger partial charge >= 0.3 is 0 Å². The molecule has 0 saturated heterocycles. The third kappa shape index (κ3) is 2.08. The molecule has 0 amide bonds. The summed E-state index contributed by atoms with van der Waals surface area (Å²) in [5.74, 6) is 0. The van der Waals surface area contributed by atoms with E-state index in [1.807, 2.05) is 27.7 Å². The first-order chi connectivity index (χ1) is 3.25. The summed E-state index contributed by atoms with van der Waals surface area (Å²) in [7, 11) is 5.68. The molecule has 2 heteroatoms. The quantitative estimate of drug-likeness (QED) is 0.378. The molecule has 0 aliphatic carbocycles. The second-order valence-electron chi connectivity index (χ2n) is 3.19. The van der Waals surface area contributed by atoms with Crippen molar-refractivity contribution in [3.8, 4) is 0 Å². The third-order valence-corrected chi connectivity index (χ3v) is 2.02. The van der Waals surface area contributed by atoms with Crippen LogP contribution in [0, 0.1) is 0 Å². The molecular weight excluding hydrogens is 118 g/mol. The number of rotatable bonds is 1. The van der Waals surface area contributed by atoms with E-state index in [1.165, 1.54) is 0 Å². The first-order valence-corrected chi connectivity index (χ1v) is 3.11. The second kappa shape index (κ2) is 1.95. The van der Waals surface area contributed by atoms with Gasteiger partial charge in [0.15, 0.2) is 0 Å². The van der Waals surface area contributed by atoms with Gasteiger partial charge in [0, 0.05) is 4.87 Å². The Labute approximate surface area is 58.0 Å². The van der Waals surface area contributed by atoms with Crippen molar-refractivity contribution in [3.63, 3.8) is 0 Å². The molecule has 0 fully saturated rings. The van der Waals surface area contributed by atoms with Gasteiger partial charge in [0.25, 0.3) is 0 Å². The van der Waals surface area contributed by atoms with Crippen LogP contribution in [0.15, 0.2) is 0 Å². The average Bonchev–Trinajstić information content (AvgIpc) is 1.25.